The van der Waals surface area contributed by atoms with E-state index < -0.39 is 0 Å². The quantitative estimate of drug-likeness (QED) is 0.799. The Morgan fingerprint density at radius 1 is 1.50 bits per heavy atom. The molecule has 1 aliphatic heterocycles. The van der Waals surface area contributed by atoms with Crippen LogP contribution in [0.15, 0.2) is 18.2 Å². The Labute approximate surface area is 122 Å². The summed E-state index contributed by atoms with van der Waals surface area (Å²) in [6, 6.07) is 6.48. The number of carbonyl (C=O) groups excluding carboxylic acids is 1. The lowest BCUT2D eigenvalue weighted by molar-refractivity contribution is -0.120. The Balaban J connectivity index is 2.00. The van der Waals surface area contributed by atoms with Crippen molar-refractivity contribution in [1.29, 1.82) is 0 Å². The SMILES string of the molecule is Cc1ccc(NC(=O)C2CCNC(C)C2)cc1I. The van der Waals surface area contributed by atoms with Gasteiger partial charge in [-0.3, -0.25) is 4.79 Å². The molecule has 1 aliphatic rings. The molecule has 0 spiro atoms. The summed E-state index contributed by atoms with van der Waals surface area (Å²) in [5.74, 6) is 0.295. The third-order valence-corrected chi connectivity index (χ3v) is 4.60. The van der Waals surface area contributed by atoms with Crippen LogP contribution in [-0.2, 0) is 4.79 Å². The zero-order valence-electron chi connectivity index (χ0n) is 10.8. The van der Waals surface area contributed by atoms with Gasteiger partial charge in [0.1, 0.15) is 0 Å². The van der Waals surface area contributed by atoms with Gasteiger partial charge in [-0.05, 0) is 73.5 Å². The van der Waals surface area contributed by atoms with Crippen molar-refractivity contribution >= 4 is 34.2 Å². The van der Waals surface area contributed by atoms with Crippen molar-refractivity contribution in [3.05, 3.63) is 27.3 Å². The lowest BCUT2D eigenvalue weighted by Gasteiger charge is -2.27. The number of nitrogens with one attached hydrogen (secondary N) is 2. The van der Waals surface area contributed by atoms with E-state index in [0.717, 1.165) is 25.1 Å². The molecule has 1 aromatic rings. The Morgan fingerprint density at radius 3 is 2.94 bits per heavy atom. The van der Waals surface area contributed by atoms with Crippen molar-refractivity contribution in [2.75, 3.05) is 11.9 Å². The summed E-state index contributed by atoms with van der Waals surface area (Å²) in [5.41, 5.74) is 2.14. The van der Waals surface area contributed by atoms with Crippen molar-refractivity contribution in [2.24, 2.45) is 5.92 Å². The van der Waals surface area contributed by atoms with Gasteiger partial charge in [0.2, 0.25) is 5.91 Å². The van der Waals surface area contributed by atoms with Gasteiger partial charge in [0.05, 0.1) is 0 Å². The molecule has 0 aromatic heterocycles. The average molecular weight is 358 g/mol. The lowest BCUT2D eigenvalue weighted by atomic mass is 9.92. The van der Waals surface area contributed by atoms with Gasteiger partial charge in [0.15, 0.2) is 0 Å². The second-order valence-corrected chi connectivity index (χ2v) is 6.19. The first-order chi connectivity index (χ1) is 8.56. The standard InChI is InChI=1S/C14H19IN2O/c1-9-3-4-12(8-13(9)15)17-14(18)11-5-6-16-10(2)7-11/h3-4,8,10-11,16H,5-7H2,1-2H3,(H,17,18). The summed E-state index contributed by atoms with van der Waals surface area (Å²) in [7, 11) is 0. The van der Waals surface area contributed by atoms with E-state index in [2.05, 4.69) is 47.1 Å². The molecule has 1 saturated heterocycles. The molecule has 2 unspecified atom stereocenters. The van der Waals surface area contributed by atoms with Crippen molar-refractivity contribution in [3.8, 4) is 0 Å². The molecule has 0 aliphatic carbocycles. The molecular formula is C14H19IN2O. The maximum atomic E-state index is 12.2. The van der Waals surface area contributed by atoms with Crippen LogP contribution in [0.1, 0.15) is 25.3 Å². The Morgan fingerprint density at radius 2 is 2.28 bits per heavy atom. The first-order valence-electron chi connectivity index (χ1n) is 6.36. The molecule has 1 amide bonds. The van der Waals surface area contributed by atoms with E-state index in [4.69, 9.17) is 0 Å². The molecular weight excluding hydrogens is 339 g/mol. The number of piperidine rings is 1. The van der Waals surface area contributed by atoms with Gasteiger partial charge in [0.25, 0.3) is 0 Å². The van der Waals surface area contributed by atoms with Crippen LogP contribution in [0.4, 0.5) is 5.69 Å². The number of anilines is 1. The minimum atomic E-state index is 0.139. The number of carbonyl (C=O) groups is 1. The minimum absolute atomic E-state index is 0.139. The maximum absolute atomic E-state index is 12.2. The number of rotatable bonds is 2. The van der Waals surface area contributed by atoms with Crippen molar-refractivity contribution < 1.29 is 4.79 Å². The third kappa shape index (κ3) is 3.45. The average Bonchev–Trinajstić information content (AvgIpc) is 2.34. The van der Waals surface area contributed by atoms with Crippen molar-refractivity contribution in [1.82, 2.24) is 5.32 Å². The van der Waals surface area contributed by atoms with E-state index in [1.165, 1.54) is 9.13 Å². The van der Waals surface area contributed by atoms with Crippen LogP contribution in [-0.4, -0.2) is 18.5 Å². The molecule has 18 heavy (non-hydrogen) atoms. The molecule has 3 nitrogen and oxygen atoms in total. The normalized spacial score (nSPS) is 23.7. The van der Waals surface area contributed by atoms with Crippen molar-refractivity contribution in [2.45, 2.75) is 32.7 Å². The number of halogens is 1. The van der Waals surface area contributed by atoms with E-state index in [1.54, 1.807) is 0 Å². The van der Waals surface area contributed by atoms with Gasteiger partial charge in [-0.15, -0.1) is 0 Å². The first-order valence-corrected chi connectivity index (χ1v) is 7.44. The predicted octanol–water partition coefficient (Wildman–Crippen LogP) is 2.93. The zero-order chi connectivity index (χ0) is 13.1. The van der Waals surface area contributed by atoms with E-state index in [0.29, 0.717) is 6.04 Å². The third-order valence-electron chi connectivity index (χ3n) is 3.43. The minimum Gasteiger partial charge on any atom is -0.326 e. The van der Waals surface area contributed by atoms with Crippen LogP contribution in [0.2, 0.25) is 0 Å². The number of benzene rings is 1. The summed E-state index contributed by atoms with van der Waals surface area (Å²) in [5, 5.41) is 6.39. The van der Waals surface area contributed by atoms with Crippen LogP contribution in [0.3, 0.4) is 0 Å². The van der Waals surface area contributed by atoms with Crippen LogP contribution in [0, 0.1) is 16.4 Å². The molecule has 1 aromatic carbocycles. The lowest BCUT2D eigenvalue weighted by Crippen LogP contribution is -2.40. The molecule has 0 bridgehead atoms. The summed E-state index contributed by atoms with van der Waals surface area (Å²) in [4.78, 5) is 12.2. The van der Waals surface area contributed by atoms with Crippen LogP contribution < -0.4 is 10.6 Å². The fraction of sp³-hybridized carbons (Fsp3) is 0.500. The molecule has 2 rings (SSSR count). The molecule has 4 heteroatoms. The number of aryl methyl sites for hydroxylation is 1. The number of amides is 1. The number of hydrogen-bond acceptors (Lipinski definition) is 2. The van der Waals surface area contributed by atoms with E-state index in [9.17, 15) is 4.79 Å². The zero-order valence-corrected chi connectivity index (χ0v) is 13.0. The highest BCUT2D eigenvalue weighted by Crippen LogP contribution is 2.21. The number of hydrogen-bond donors (Lipinski definition) is 2. The predicted molar refractivity (Wildman–Crippen MR) is 82.7 cm³/mol. The monoisotopic (exact) mass is 358 g/mol. The van der Waals surface area contributed by atoms with Gasteiger partial charge < -0.3 is 10.6 Å². The second-order valence-electron chi connectivity index (χ2n) is 5.03. The molecule has 98 valence electrons. The summed E-state index contributed by atoms with van der Waals surface area (Å²) < 4.78 is 1.18. The van der Waals surface area contributed by atoms with Gasteiger partial charge in [-0.25, -0.2) is 0 Å². The van der Waals surface area contributed by atoms with Crippen molar-refractivity contribution in [3.63, 3.8) is 0 Å². The van der Waals surface area contributed by atoms with E-state index >= 15 is 0 Å². The smallest absolute Gasteiger partial charge is 0.227 e. The van der Waals surface area contributed by atoms with Gasteiger partial charge in [-0.1, -0.05) is 6.07 Å². The highest BCUT2D eigenvalue weighted by atomic mass is 127. The fourth-order valence-corrected chi connectivity index (χ4v) is 2.80. The molecule has 2 N–H and O–H groups in total. The maximum Gasteiger partial charge on any atom is 0.227 e. The topological polar surface area (TPSA) is 41.1 Å². The summed E-state index contributed by atoms with van der Waals surface area (Å²) >= 11 is 2.29. The molecule has 0 saturated carbocycles. The highest BCUT2D eigenvalue weighted by molar-refractivity contribution is 14.1. The summed E-state index contributed by atoms with van der Waals surface area (Å²) in [6.07, 6.45) is 1.86. The second kappa shape index (κ2) is 6.02. The molecule has 1 heterocycles. The van der Waals surface area contributed by atoms with E-state index in [-0.39, 0.29) is 11.8 Å². The van der Waals surface area contributed by atoms with Gasteiger partial charge in [0, 0.05) is 21.2 Å². The Kier molecular flexibility index (Phi) is 4.61. The molecule has 2 atom stereocenters. The van der Waals surface area contributed by atoms with Crippen LogP contribution in [0.25, 0.3) is 0 Å². The van der Waals surface area contributed by atoms with E-state index in [1.807, 2.05) is 18.2 Å². The largest absolute Gasteiger partial charge is 0.326 e. The van der Waals surface area contributed by atoms with Gasteiger partial charge in [-0.2, -0.15) is 0 Å². The van der Waals surface area contributed by atoms with Crippen LogP contribution in [0.5, 0.6) is 0 Å². The van der Waals surface area contributed by atoms with Gasteiger partial charge >= 0.3 is 0 Å². The molecule has 1 fully saturated rings. The highest BCUT2D eigenvalue weighted by Gasteiger charge is 2.24. The summed E-state index contributed by atoms with van der Waals surface area (Å²) in [6.45, 7) is 5.14. The Hall–Kier alpha value is -0.620. The fourth-order valence-electron chi connectivity index (χ4n) is 2.28. The molecule has 0 radical (unpaired) electrons. The van der Waals surface area contributed by atoms with Crippen LogP contribution >= 0.6 is 22.6 Å². The first kappa shape index (κ1) is 13.8. The Bertz CT molecular complexity index is 447.